The molecule has 0 spiro atoms. The molecule has 0 atom stereocenters. The van der Waals surface area contributed by atoms with E-state index in [-0.39, 0.29) is 5.28 Å². The minimum atomic E-state index is 0.268. The van der Waals surface area contributed by atoms with Crippen molar-refractivity contribution >= 4 is 11.6 Å². The van der Waals surface area contributed by atoms with Gasteiger partial charge < -0.3 is 4.98 Å². The molecule has 5 heteroatoms. The van der Waals surface area contributed by atoms with Crippen LogP contribution in [0, 0.1) is 0 Å². The fourth-order valence-electron chi connectivity index (χ4n) is 2.34. The van der Waals surface area contributed by atoms with Gasteiger partial charge in [0.1, 0.15) is 5.82 Å². The van der Waals surface area contributed by atoms with Crippen molar-refractivity contribution in [2.45, 2.75) is 31.6 Å². The van der Waals surface area contributed by atoms with Gasteiger partial charge in [-0.2, -0.15) is 0 Å². The summed E-state index contributed by atoms with van der Waals surface area (Å²) >= 11 is 5.66. The smallest absolute Gasteiger partial charge is 0.222 e. The van der Waals surface area contributed by atoms with Crippen molar-refractivity contribution in [2.75, 3.05) is 0 Å². The monoisotopic (exact) mass is 248 g/mol. The van der Waals surface area contributed by atoms with E-state index in [2.05, 4.69) is 19.9 Å². The van der Waals surface area contributed by atoms with Crippen molar-refractivity contribution in [3.63, 3.8) is 0 Å². The Kier molecular flexibility index (Phi) is 2.81. The summed E-state index contributed by atoms with van der Waals surface area (Å²) in [5.41, 5.74) is 1.88. The summed E-state index contributed by atoms with van der Waals surface area (Å²) in [4.78, 5) is 15.7. The molecular formula is C12H13ClN4. The minimum Gasteiger partial charge on any atom is -0.342 e. The second kappa shape index (κ2) is 4.45. The highest BCUT2D eigenvalue weighted by atomic mass is 35.5. The topological polar surface area (TPSA) is 54.5 Å². The Morgan fingerprint density at radius 2 is 1.76 bits per heavy atom. The SMILES string of the molecule is Clc1ncc(-c2cnc(C3CCCC3)[nH]2)cn1. The normalized spacial score (nSPS) is 16.5. The van der Waals surface area contributed by atoms with Crippen molar-refractivity contribution in [1.82, 2.24) is 19.9 Å². The van der Waals surface area contributed by atoms with E-state index in [1.54, 1.807) is 12.4 Å². The average Bonchev–Trinajstić information content (AvgIpc) is 3.00. The van der Waals surface area contributed by atoms with E-state index in [1.165, 1.54) is 25.7 Å². The molecule has 2 aromatic heterocycles. The number of hydrogen-bond acceptors (Lipinski definition) is 3. The molecule has 0 aromatic carbocycles. The molecule has 2 heterocycles. The standard InChI is InChI=1S/C12H13ClN4/c13-12-15-5-9(6-16-12)10-7-14-11(17-10)8-3-1-2-4-8/h5-8H,1-4H2,(H,14,17). The molecule has 3 rings (SSSR count). The predicted octanol–water partition coefficient (Wildman–Crippen LogP) is 3.18. The lowest BCUT2D eigenvalue weighted by molar-refractivity contribution is 0.679. The van der Waals surface area contributed by atoms with E-state index >= 15 is 0 Å². The summed E-state index contributed by atoms with van der Waals surface area (Å²) in [6, 6.07) is 0. The van der Waals surface area contributed by atoms with E-state index in [0.717, 1.165) is 17.1 Å². The molecule has 1 saturated carbocycles. The van der Waals surface area contributed by atoms with Crippen LogP contribution in [0.15, 0.2) is 18.6 Å². The third-order valence-electron chi connectivity index (χ3n) is 3.27. The molecule has 1 fully saturated rings. The van der Waals surface area contributed by atoms with Gasteiger partial charge in [-0.05, 0) is 24.4 Å². The van der Waals surface area contributed by atoms with Gasteiger partial charge in [-0.1, -0.05) is 12.8 Å². The van der Waals surface area contributed by atoms with Crippen LogP contribution in [0.3, 0.4) is 0 Å². The van der Waals surface area contributed by atoms with Crippen LogP contribution in [0.25, 0.3) is 11.3 Å². The largest absolute Gasteiger partial charge is 0.342 e. The average molecular weight is 249 g/mol. The summed E-state index contributed by atoms with van der Waals surface area (Å²) in [6.45, 7) is 0. The van der Waals surface area contributed by atoms with Gasteiger partial charge in [0.25, 0.3) is 0 Å². The Morgan fingerprint density at radius 3 is 2.47 bits per heavy atom. The van der Waals surface area contributed by atoms with Crippen LogP contribution in [-0.4, -0.2) is 19.9 Å². The van der Waals surface area contributed by atoms with Gasteiger partial charge in [-0.15, -0.1) is 0 Å². The Hall–Kier alpha value is -1.42. The first-order valence-corrected chi connectivity index (χ1v) is 6.23. The molecular weight excluding hydrogens is 236 g/mol. The number of aromatic nitrogens is 4. The number of nitrogens with one attached hydrogen (secondary N) is 1. The van der Waals surface area contributed by atoms with Crippen LogP contribution in [-0.2, 0) is 0 Å². The minimum absolute atomic E-state index is 0.268. The molecule has 0 saturated heterocycles. The highest BCUT2D eigenvalue weighted by Gasteiger charge is 2.19. The van der Waals surface area contributed by atoms with E-state index in [9.17, 15) is 0 Å². The first-order valence-electron chi connectivity index (χ1n) is 5.86. The van der Waals surface area contributed by atoms with Crippen LogP contribution in [0.4, 0.5) is 0 Å². The quantitative estimate of drug-likeness (QED) is 0.831. The molecule has 17 heavy (non-hydrogen) atoms. The predicted molar refractivity (Wildman–Crippen MR) is 65.8 cm³/mol. The van der Waals surface area contributed by atoms with Crippen molar-refractivity contribution < 1.29 is 0 Å². The molecule has 0 aliphatic heterocycles. The lowest BCUT2D eigenvalue weighted by atomic mass is 10.1. The molecule has 0 amide bonds. The Morgan fingerprint density at radius 1 is 1.06 bits per heavy atom. The molecule has 2 aromatic rings. The summed E-state index contributed by atoms with van der Waals surface area (Å²) in [6.07, 6.45) is 10.4. The maximum absolute atomic E-state index is 5.66. The van der Waals surface area contributed by atoms with Crippen molar-refractivity contribution in [3.8, 4) is 11.3 Å². The van der Waals surface area contributed by atoms with Crippen molar-refractivity contribution in [2.24, 2.45) is 0 Å². The summed E-state index contributed by atoms with van der Waals surface area (Å²) in [5.74, 6) is 1.68. The van der Waals surface area contributed by atoms with E-state index in [0.29, 0.717) is 5.92 Å². The van der Waals surface area contributed by atoms with Gasteiger partial charge in [-0.3, -0.25) is 0 Å². The number of halogens is 1. The van der Waals surface area contributed by atoms with E-state index in [4.69, 9.17) is 11.6 Å². The Labute approximate surface area is 104 Å². The lowest BCUT2D eigenvalue weighted by Gasteiger charge is -2.03. The second-order valence-corrected chi connectivity index (χ2v) is 4.74. The lowest BCUT2D eigenvalue weighted by Crippen LogP contribution is -1.94. The summed E-state index contributed by atoms with van der Waals surface area (Å²) in [7, 11) is 0. The molecule has 0 bridgehead atoms. The third-order valence-corrected chi connectivity index (χ3v) is 3.46. The Bertz CT molecular complexity index is 499. The number of H-pyrrole nitrogens is 1. The van der Waals surface area contributed by atoms with E-state index in [1.807, 2.05) is 6.20 Å². The fourth-order valence-corrected chi connectivity index (χ4v) is 2.44. The number of aromatic amines is 1. The van der Waals surface area contributed by atoms with Gasteiger partial charge in [0, 0.05) is 23.9 Å². The highest BCUT2D eigenvalue weighted by Crippen LogP contribution is 2.33. The number of nitrogens with zero attached hydrogens (tertiary/aromatic N) is 3. The molecule has 0 unspecified atom stereocenters. The maximum atomic E-state index is 5.66. The molecule has 1 aliphatic rings. The highest BCUT2D eigenvalue weighted by molar-refractivity contribution is 6.28. The van der Waals surface area contributed by atoms with Crippen molar-refractivity contribution in [3.05, 3.63) is 29.7 Å². The molecule has 1 N–H and O–H groups in total. The number of imidazole rings is 1. The summed E-state index contributed by atoms with van der Waals surface area (Å²) in [5, 5.41) is 0.268. The van der Waals surface area contributed by atoms with Gasteiger partial charge in [0.2, 0.25) is 5.28 Å². The molecule has 0 radical (unpaired) electrons. The zero-order valence-electron chi connectivity index (χ0n) is 9.36. The summed E-state index contributed by atoms with van der Waals surface area (Å²) < 4.78 is 0. The first kappa shape index (κ1) is 10.7. The maximum Gasteiger partial charge on any atom is 0.222 e. The van der Waals surface area contributed by atoms with Crippen LogP contribution in [0.2, 0.25) is 5.28 Å². The van der Waals surface area contributed by atoms with Gasteiger partial charge in [0.05, 0.1) is 11.9 Å². The third kappa shape index (κ3) is 2.17. The molecule has 1 aliphatic carbocycles. The fraction of sp³-hybridized carbons (Fsp3) is 0.417. The first-order chi connectivity index (χ1) is 8.33. The number of hydrogen-bond donors (Lipinski definition) is 1. The van der Waals surface area contributed by atoms with Crippen LogP contribution in [0.1, 0.15) is 37.4 Å². The van der Waals surface area contributed by atoms with Crippen LogP contribution in [0.5, 0.6) is 0 Å². The zero-order chi connectivity index (χ0) is 11.7. The Balaban J connectivity index is 1.86. The molecule has 88 valence electrons. The second-order valence-electron chi connectivity index (χ2n) is 4.40. The van der Waals surface area contributed by atoms with Crippen LogP contribution >= 0.6 is 11.6 Å². The molecule has 4 nitrogen and oxygen atoms in total. The van der Waals surface area contributed by atoms with Crippen LogP contribution < -0.4 is 0 Å². The van der Waals surface area contributed by atoms with E-state index < -0.39 is 0 Å². The van der Waals surface area contributed by atoms with Gasteiger partial charge in [-0.25, -0.2) is 15.0 Å². The van der Waals surface area contributed by atoms with Crippen molar-refractivity contribution in [1.29, 1.82) is 0 Å². The van der Waals surface area contributed by atoms with Gasteiger partial charge >= 0.3 is 0 Å². The number of rotatable bonds is 2. The zero-order valence-corrected chi connectivity index (χ0v) is 10.1. The van der Waals surface area contributed by atoms with Gasteiger partial charge in [0.15, 0.2) is 0 Å².